The Morgan fingerprint density at radius 1 is 1.21 bits per heavy atom. The molecular formula is C28H39N6O4+. The molecule has 0 saturated heterocycles. The molecular weight excluding hydrogens is 484 g/mol. The summed E-state index contributed by atoms with van der Waals surface area (Å²) in [5, 5.41) is 37.2. The van der Waals surface area contributed by atoms with Gasteiger partial charge in [0.25, 0.3) is 12.1 Å². The third-order valence-electron chi connectivity index (χ3n) is 7.02. The second kappa shape index (κ2) is 13.5. The van der Waals surface area contributed by atoms with Crippen LogP contribution in [0.1, 0.15) is 43.9 Å². The monoisotopic (exact) mass is 523 g/mol. The lowest BCUT2D eigenvalue weighted by Crippen LogP contribution is -2.42. The molecule has 204 valence electrons. The summed E-state index contributed by atoms with van der Waals surface area (Å²) in [5.41, 5.74) is 3.06. The van der Waals surface area contributed by atoms with E-state index in [2.05, 4.69) is 32.7 Å². The van der Waals surface area contributed by atoms with Crippen molar-refractivity contribution in [1.82, 2.24) is 14.9 Å². The van der Waals surface area contributed by atoms with Gasteiger partial charge in [-0.15, -0.1) is 4.98 Å². The number of fused-ring (bicyclic) bond motifs is 2. The predicted molar refractivity (Wildman–Crippen MR) is 145 cm³/mol. The lowest BCUT2D eigenvalue weighted by Gasteiger charge is -2.26. The molecule has 4 rings (SSSR count). The Kier molecular flexibility index (Phi) is 9.80. The Labute approximate surface area is 223 Å². The average molecular weight is 524 g/mol. The zero-order chi connectivity index (χ0) is 26.9. The van der Waals surface area contributed by atoms with E-state index in [4.69, 9.17) is 4.98 Å². The molecule has 2 aromatic heterocycles. The first-order chi connectivity index (χ1) is 18.4. The fourth-order valence-electron chi connectivity index (χ4n) is 4.88. The summed E-state index contributed by atoms with van der Waals surface area (Å²) >= 11 is 0. The number of Topliss-reactive ketones (excluding diaryl/α,β-unsaturated/α-hetero) is 1. The van der Waals surface area contributed by atoms with E-state index in [1.807, 2.05) is 24.3 Å². The molecule has 0 bridgehead atoms. The molecule has 0 saturated carbocycles. The van der Waals surface area contributed by atoms with Crippen molar-refractivity contribution in [3.63, 3.8) is 0 Å². The summed E-state index contributed by atoms with van der Waals surface area (Å²) in [6, 6.07) is 11.1. The second-order valence-corrected chi connectivity index (χ2v) is 9.99. The highest BCUT2D eigenvalue weighted by Gasteiger charge is 2.24. The molecule has 0 fully saturated rings. The maximum Gasteiger partial charge on any atom is 0.271 e. The average Bonchev–Trinajstić information content (AvgIpc) is 2.93. The number of unbranched alkanes of at least 4 members (excludes halogenated alkanes) is 1. The first-order valence-electron chi connectivity index (χ1n) is 13.4. The molecule has 0 unspecified atom stereocenters. The molecule has 1 aliphatic rings. The van der Waals surface area contributed by atoms with Crippen LogP contribution in [0.2, 0.25) is 0 Å². The van der Waals surface area contributed by atoms with Crippen molar-refractivity contribution >= 4 is 28.3 Å². The van der Waals surface area contributed by atoms with Gasteiger partial charge in [0, 0.05) is 31.7 Å². The molecule has 1 aliphatic heterocycles. The van der Waals surface area contributed by atoms with E-state index in [9.17, 15) is 20.2 Å². The number of nitrogens with zero attached hydrogens (tertiary/aromatic N) is 4. The first kappa shape index (κ1) is 27.7. The standard InChI is InChI=1S/C28H38N6O4/c1-20(36)25(32-28-24-9-2-3-10-26(24)30-19-34(28)38)13-16-33(17-23(37)18-35)15-5-4-8-22-12-11-21-7-6-14-29-27(21)31-22/h2-3,9-12,19,23,25,35,37-38H,4-8,13-18H2,1H3,(H,29,31)/p+1/t23-,25-/m0/s1. The molecule has 0 spiro atoms. The summed E-state index contributed by atoms with van der Waals surface area (Å²) in [4.78, 5) is 23.6. The third-order valence-corrected chi connectivity index (χ3v) is 7.02. The Morgan fingerprint density at radius 2 is 2.05 bits per heavy atom. The Hall–Kier alpha value is -3.34. The molecule has 3 aromatic rings. The van der Waals surface area contributed by atoms with E-state index in [0.717, 1.165) is 61.4 Å². The molecule has 10 heteroatoms. The van der Waals surface area contributed by atoms with E-state index in [-0.39, 0.29) is 12.4 Å². The smallest absolute Gasteiger partial charge is 0.271 e. The molecule has 3 heterocycles. The highest BCUT2D eigenvalue weighted by atomic mass is 16.5. The lowest BCUT2D eigenvalue weighted by molar-refractivity contribution is -0.894. The summed E-state index contributed by atoms with van der Waals surface area (Å²) in [6.45, 7) is 3.77. The van der Waals surface area contributed by atoms with Gasteiger partial charge in [0.2, 0.25) is 0 Å². The van der Waals surface area contributed by atoms with Crippen molar-refractivity contribution in [3.8, 4) is 0 Å². The quantitative estimate of drug-likeness (QED) is 0.122. The maximum absolute atomic E-state index is 12.5. The largest absolute Gasteiger partial charge is 0.394 e. The van der Waals surface area contributed by atoms with Crippen LogP contribution in [0.3, 0.4) is 0 Å². The SMILES string of the molecule is CC(=O)[C@H](CCN(CCCCc1ccc2c(n1)NCCC2)C[C@H](O)CO)Nc1c2ccccc2nc[n+]1O. The Morgan fingerprint density at radius 3 is 2.87 bits per heavy atom. The summed E-state index contributed by atoms with van der Waals surface area (Å²) in [5.74, 6) is 1.36. The van der Waals surface area contributed by atoms with Crippen LogP contribution in [0.5, 0.6) is 0 Å². The minimum atomic E-state index is -0.851. The van der Waals surface area contributed by atoms with Crippen LogP contribution >= 0.6 is 0 Å². The van der Waals surface area contributed by atoms with Gasteiger partial charge in [0.05, 0.1) is 18.1 Å². The number of anilines is 2. The molecule has 0 radical (unpaired) electrons. The molecule has 0 amide bonds. The van der Waals surface area contributed by atoms with Gasteiger partial charge in [-0.2, -0.15) is 0 Å². The van der Waals surface area contributed by atoms with Gasteiger partial charge in [-0.25, -0.2) is 4.98 Å². The van der Waals surface area contributed by atoms with Gasteiger partial charge in [-0.1, -0.05) is 22.9 Å². The number of aryl methyl sites for hydroxylation is 2. The minimum Gasteiger partial charge on any atom is -0.394 e. The van der Waals surface area contributed by atoms with Crippen molar-refractivity contribution in [1.29, 1.82) is 0 Å². The van der Waals surface area contributed by atoms with E-state index < -0.39 is 12.1 Å². The number of para-hydroxylation sites is 1. The Bertz CT molecular complexity index is 1220. The molecule has 0 aliphatic carbocycles. The van der Waals surface area contributed by atoms with Crippen molar-refractivity contribution in [3.05, 3.63) is 54.0 Å². The van der Waals surface area contributed by atoms with Crippen molar-refractivity contribution in [2.75, 3.05) is 43.4 Å². The zero-order valence-electron chi connectivity index (χ0n) is 22.0. The first-order valence-corrected chi connectivity index (χ1v) is 13.4. The van der Waals surface area contributed by atoms with Crippen LogP contribution in [-0.2, 0) is 17.6 Å². The third kappa shape index (κ3) is 7.37. The van der Waals surface area contributed by atoms with Crippen LogP contribution in [-0.4, -0.2) is 81.0 Å². The summed E-state index contributed by atoms with van der Waals surface area (Å²) < 4.78 is 0.899. The number of nitrogens with one attached hydrogen (secondary N) is 2. The highest BCUT2D eigenvalue weighted by molar-refractivity contribution is 5.90. The number of benzene rings is 1. The van der Waals surface area contributed by atoms with Gasteiger partial charge in [0.1, 0.15) is 11.9 Å². The normalized spacial score (nSPS) is 14.6. The molecule has 2 atom stereocenters. The number of hydrogen-bond donors (Lipinski definition) is 5. The van der Waals surface area contributed by atoms with Gasteiger partial charge in [-0.3, -0.25) is 10.1 Å². The van der Waals surface area contributed by atoms with Crippen LogP contribution in [0.4, 0.5) is 11.6 Å². The van der Waals surface area contributed by atoms with Gasteiger partial charge in [-0.05, 0) is 69.3 Å². The number of carbonyl (C=O) groups is 1. The van der Waals surface area contributed by atoms with Crippen LogP contribution in [0, 0.1) is 0 Å². The molecule has 10 nitrogen and oxygen atoms in total. The second-order valence-electron chi connectivity index (χ2n) is 9.99. The minimum absolute atomic E-state index is 0.0550. The van der Waals surface area contributed by atoms with Gasteiger partial charge < -0.3 is 25.6 Å². The fourth-order valence-corrected chi connectivity index (χ4v) is 4.88. The van der Waals surface area contributed by atoms with Gasteiger partial charge >= 0.3 is 0 Å². The number of pyridine rings is 1. The lowest BCUT2D eigenvalue weighted by atomic mass is 10.1. The van der Waals surface area contributed by atoms with Crippen molar-refractivity contribution in [2.24, 2.45) is 0 Å². The molecule has 5 N–H and O–H groups in total. The topological polar surface area (TPSA) is 135 Å². The number of carbonyl (C=O) groups excluding carboxylic acids is 1. The number of aromatic nitrogens is 3. The Balaban J connectivity index is 1.34. The van der Waals surface area contributed by atoms with Crippen LogP contribution in [0.25, 0.3) is 10.9 Å². The maximum atomic E-state index is 12.5. The van der Waals surface area contributed by atoms with Crippen LogP contribution < -0.4 is 15.4 Å². The number of aliphatic hydroxyl groups excluding tert-OH is 2. The highest BCUT2D eigenvalue weighted by Crippen LogP contribution is 2.21. The van der Waals surface area contributed by atoms with Crippen LogP contribution in [0.15, 0.2) is 42.7 Å². The summed E-state index contributed by atoms with van der Waals surface area (Å²) in [7, 11) is 0. The number of hydrogen-bond acceptors (Lipinski definition) is 9. The van der Waals surface area contributed by atoms with E-state index in [1.165, 1.54) is 18.8 Å². The van der Waals surface area contributed by atoms with Gasteiger partial charge in [0.15, 0.2) is 11.3 Å². The van der Waals surface area contributed by atoms with E-state index >= 15 is 0 Å². The number of ketones is 1. The van der Waals surface area contributed by atoms with E-state index in [0.29, 0.717) is 36.2 Å². The molecule has 1 aromatic carbocycles. The predicted octanol–water partition coefficient (Wildman–Crippen LogP) is 1.95. The zero-order valence-corrected chi connectivity index (χ0v) is 22.0. The van der Waals surface area contributed by atoms with Crippen molar-refractivity contribution in [2.45, 2.75) is 57.6 Å². The number of rotatable bonds is 14. The van der Waals surface area contributed by atoms with E-state index in [1.54, 1.807) is 0 Å². The summed E-state index contributed by atoms with van der Waals surface area (Å²) in [6.07, 6.45) is 5.85. The fraction of sp³-hybridized carbons (Fsp3) is 0.500. The number of aliphatic hydroxyl groups is 2. The molecule has 38 heavy (non-hydrogen) atoms. The van der Waals surface area contributed by atoms with Crippen molar-refractivity contribution < 1.29 is 24.9 Å².